The van der Waals surface area contributed by atoms with Crippen LogP contribution in [-0.2, 0) is 0 Å². The van der Waals surface area contributed by atoms with Crippen molar-refractivity contribution in [1.82, 2.24) is 5.32 Å². The molecule has 0 fully saturated rings. The summed E-state index contributed by atoms with van der Waals surface area (Å²) in [6, 6.07) is 5.97. The largest absolute Gasteiger partial charge is 0.310 e. The molecule has 1 nitrogen and oxygen atoms in total. The van der Waals surface area contributed by atoms with E-state index in [2.05, 4.69) is 26.1 Å². The fourth-order valence-electron chi connectivity index (χ4n) is 2.21. The first-order chi connectivity index (χ1) is 8.10. The highest BCUT2D eigenvalue weighted by molar-refractivity contribution is 6.33. The van der Waals surface area contributed by atoms with Gasteiger partial charge in [-0.25, -0.2) is 0 Å². The van der Waals surface area contributed by atoms with Gasteiger partial charge in [0, 0.05) is 16.1 Å². The standard InChI is InChI=1S/C14H21Cl2N/c1-4-6-10(3)14(17-5-2)12-9-11(15)7-8-13(12)16/h7-10,14,17H,4-6H2,1-3H3. The third-order valence-corrected chi connectivity index (χ3v) is 3.61. The van der Waals surface area contributed by atoms with Gasteiger partial charge in [0.2, 0.25) is 0 Å². The summed E-state index contributed by atoms with van der Waals surface area (Å²) >= 11 is 12.3. The number of benzene rings is 1. The van der Waals surface area contributed by atoms with Gasteiger partial charge in [-0.15, -0.1) is 0 Å². The van der Waals surface area contributed by atoms with Gasteiger partial charge in [-0.05, 0) is 42.6 Å². The van der Waals surface area contributed by atoms with Crippen molar-refractivity contribution in [2.24, 2.45) is 5.92 Å². The molecular formula is C14H21Cl2N. The smallest absolute Gasteiger partial charge is 0.0454 e. The highest BCUT2D eigenvalue weighted by Crippen LogP contribution is 2.32. The van der Waals surface area contributed by atoms with Crippen LogP contribution in [0.3, 0.4) is 0 Å². The number of rotatable bonds is 6. The first-order valence-electron chi connectivity index (χ1n) is 6.28. The molecule has 0 heterocycles. The molecule has 0 aliphatic heterocycles. The number of hydrogen-bond donors (Lipinski definition) is 1. The van der Waals surface area contributed by atoms with Crippen LogP contribution in [0.15, 0.2) is 18.2 Å². The predicted octanol–water partition coefficient (Wildman–Crippen LogP) is 5.08. The van der Waals surface area contributed by atoms with Crippen molar-refractivity contribution in [1.29, 1.82) is 0 Å². The lowest BCUT2D eigenvalue weighted by Gasteiger charge is -2.26. The van der Waals surface area contributed by atoms with E-state index in [1.54, 1.807) is 0 Å². The summed E-state index contributed by atoms with van der Waals surface area (Å²) in [6.45, 7) is 7.51. The maximum atomic E-state index is 6.27. The molecule has 17 heavy (non-hydrogen) atoms. The molecule has 2 atom stereocenters. The third-order valence-electron chi connectivity index (χ3n) is 3.03. The van der Waals surface area contributed by atoms with E-state index in [1.165, 1.54) is 12.8 Å². The molecule has 0 spiro atoms. The molecule has 1 rings (SSSR count). The zero-order valence-corrected chi connectivity index (χ0v) is 12.3. The van der Waals surface area contributed by atoms with Crippen molar-refractivity contribution in [3.8, 4) is 0 Å². The van der Waals surface area contributed by atoms with Crippen LogP contribution in [0, 0.1) is 5.92 Å². The lowest BCUT2D eigenvalue weighted by Crippen LogP contribution is -2.27. The van der Waals surface area contributed by atoms with Gasteiger partial charge in [-0.3, -0.25) is 0 Å². The Morgan fingerprint density at radius 3 is 2.53 bits per heavy atom. The van der Waals surface area contributed by atoms with Crippen molar-refractivity contribution in [3.05, 3.63) is 33.8 Å². The molecule has 2 unspecified atom stereocenters. The van der Waals surface area contributed by atoms with Crippen LogP contribution in [0.2, 0.25) is 10.0 Å². The van der Waals surface area contributed by atoms with Crippen LogP contribution in [-0.4, -0.2) is 6.54 Å². The Balaban J connectivity index is 2.99. The summed E-state index contributed by atoms with van der Waals surface area (Å²) < 4.78 is 0. The van der Waals surface area contributed by atoms with E-state index in [1.807, 2.05) is 18.2 Å². The van der Waals surface area contributed by atoms with Crippen molar-refractivity contribution >= 4 is 23.2 Å². The van der Waals surface area contributed by atoms with E-state index in [0.717, 1.165) is 22.2 Å². The van der Waals surface area contributed by atoms with Gasteiger partial charge in [0.15, 0.2) is 0 Å². The van der Waals surface area contributed by atoms with Gasteiger partial charge in [-0.2, -0.15) is 0 Å². The Labute approximate surface area is 115 Å². The van der Waals surface area contributed by atoms with E-state index < -0.39 is 0 Å². The monoisotopic (exact) mass is 273 g/mol. The molecule has 0 amide bonds. The van der Waals surface area contributed by atoms with Crippen molar-refractivity contribution in [3.63, 3.8) is 0 Å². The normalized spacial score (nSPS) is 14.6. The predicted molar refractivity (Wildman–Crippen MR) is 77.0 cm³/mol. The Bertz CT molecular complexity index is 352. The van der Waals surface area contributed by atoms with E-state index in [9.17, 15) is 0 Å². The second-order valence-corrected chi connectivity index (χ2v) is 5.31. The van der Waals surface area contributed by atoms with E-state index >= 15 is 0 Å². The maximum absolute atomic E-state index is 6.27. The summed E-state index contributed by atoms with van der Waals surface area (Å²) in [6.07, 6.45) is 2.36. The Kier molecular flexibility index (Phi) is 6.32. The van der Waals surface area contributed by atoms with Crippen LogP contribution in [0.4, 0.5) is 0 Å². The molecule has 3 heteroatoms. The van der Waals surface area contributed by atoms with E-state index in [4.69, 9.17) is 23.2 Å². The second-order valence-electron chi connectivity index (χ2n) is 4.47. The lowest BCUT2D eigenvalue weighted by molar-refractivity contribution is 0.369. The number of hydrogen-bond acceptors (Lipinski definition) is 1. The molecule has 0 aromatic heterocycles. The Morgan fingerprint density at radius 2 is 1.94 bits per heavy atom. The topological polar surface area (TPSA) is 12.0 Å². The van der Waals surface area contributed by atoms with Crippen LogP contribution >= 0.6 is 23.2 Å². The quantitative estimate of drug-likeness (QED) is 0.762. The van der Waals surface area contributed by atoms with Gasteiger partial charge >= 0.3 is 0 Å². The maximum Gasteiger partial charge on any atom is 0.0454 e. The molecule has 1 aromatic carbocycles. The van der Waals surface area contributed by atoms with Gasteiger partial charge < -0.3 is 5.32 Å². The summed E-state index contributed by atoms with van der Waals surface area (Å²) in [7, 11) is 0. The first-order valence-corrected chi connectivity index (χ1v) is 7.04. The van der Waals surface area contributed by atoms with Gasteiger partial charge in [0.1, 0.15) is 0 Å². The minimum Gasteiger partial charge on any atom is -0.310 e. The molecular weight excluding hydrogens is 253 g/mol. The molecule has 0 aliphatic carbocycles. The summed E-state index contributed by atoms with van der Waals surface area (Å²) in [5, 5.41) is 5.05. The van der Waals surface area contributed by atoms with Crippen LogP contribution in [0.1, 0.15) is 45.2 Å². The third kappa shape index (κ3) is 4.17. The molecule has 0 radical (unpaired) electrons. The van der Waals surface area contributed by atoms with Crippen LogP contribution in [0.5, 0.6) is 0 Å². The van der Waals surface area contributed by atoms with Crippen LogP contribution in [0.25, 0.3) is 0 Å². The average molecular weight is 274 g/mol. The minimum absolute atomic E-state index is 0.283. The first kappa shape index (κ1) is 14.8. The Hall–Kier alpha value is -0.240. The molecule has 0 aliphatic rings. The second kappa shape index (κ2) is 7.25. The zero-order valence-electron chi connectivity index (χ0n) is 10.8. The van der Waals surface area contributed by atoms with Gasteiger partial charge in [0.05, 0.1) is 0 Å². The Morgan fingerprint density at radius 1 is 1.24 bits per heavy atom. The SMILES string of the molecule is CCCC(C)C(NCC)c1cc(Cl)ccc1Cl. The molecule has 1 aromatic rings. The van der Waals surface area contributed by atoms with Gasteiger partial charge in [0.25, 0.3) is 0 Å². The minimum atomic E-state index is 0.283. The summed E-state index contributed by atoms with van der Waals surface area (Å²) in [4.78, 5) is 0. The molecule has 0 saturated carbocycles. The van der Waals surface area contributed by atoms with E-state index in [0.29, 0.717) is 5.92 Å². The molecule has 0 saturated heterocycles. The lowest BCUT2D eigenvalue weighted by atomic mass is 9.91. The van der Waals surface area contributed by atoms with E-state index in [-0.39, 0.29) is 6.04 Å². The molecule has 0 bridgehead atoms. The molecule has 96 valence electrons. The van der Waals surface area contributed by atoms with Crippen molar-refractivity contribution in [2.45, 2.75) is 39.7 Å². The number of nitrogens with one attached hydrogen (secondary N) is 1. The zero-order chi connectivity index (χ0) is 12.8. The van der Waals surface area contributed by atoms with Crippen molar-refractivity contribution < 1.29 is 0 Å². The summed E-state index contributed by atoms with van der Waals surface area (Å²) in [5.41, 5.74) is 1.11. The van der Waals surface area contributed by atoms with Crippen LogP contribution < -0.4 is 5.32 Å². The highest BCUT2D eigenvalue weighted by atomic mass is 35.5. The fraction of sp³-hybridized carbons (Fsp3) is 0.571. The average Bonchev–Trinajstić information content (AvgIpc) is 2.30. The summed E-state index contributed by atoms with van der Waals surface area (Å²) in [5.74, 6) is 0.552. The fourth-order valence-corrected chi connectivity index (χ4v) is 2.63. The van der Waals surface area contributed by atoms with Gasteiger partial charge in [-0.1, -0.05) is 50.4 Å². The molecule has 1 N–H and O–H groups in total. The number of halogens is 2. The van der Waals surface area contributed by atoms with Crippen molar-refractivity contribution in [2.75, 3.05) is 6.54 Å². The highest BCUT2D eigenvalue weighted by Gasteiger charge is 2.20.